The van der Waals surface area contributed by atoms with Crippen molar-refractivity contribution in [2.45, 2.75) is 6.54 Å². The van der Waals surface area contributed by atoms with Gasteiger partial charge < -0.3 is 5.73 Å². The van der Waals surface area contributed by atoms with E-state index in [-0.39, 0.29) is 0 Å². The predicted molar refractivity (Wildman–Crippen MR) is 64.2 cm³/mol. The van der Waals surface area contributed by atoms with E-state index < -0.39 is 0 Å². The fourth-order valence-electron chi connectivity index (χ4n) is 2.10. The van der Waals surface area contributed by atoms with Gasteiger partial charge in [-0.2, -0.15) is 5.10 Å². The SMILES string of the molecule is NCCN1CCN(CCn2cccn2)CC1. The average molecular weight is 223 g/mol. The summed E-state index contributed by atoms with van der Waals surface area (Å²) in [7, 11) is 0. The lowest BCUT2D eigenvalue weighted by Crippen LogP contribution is -2.48. The topological polar surface area (TPSA) is 50.3 Å². The predicted octanol–water partition coefficient (Wildman–Crippen LogP) is -0.541. The fraction of sp³-hybridized carbons (Fsp3) is 0.727. The van der Waals surface area contributed by atoms with Crippen molar-refractivity contribution in [1.82, 2.24) is 19.6 Å². The zero-order valence-corrected chi connectivity index (χ0v) is 9.76. The van der Waals surface area contributed by atoms with Gasteiger partial charge in [0.25, 0.3) is 0 Å². The van der Waals surface area contributed by atoms with Crippen molar-refractivity contribution in [3.05, 3.63) is 18.5 Å². The Morgan fingerprint density at radius 3 is 2.25 bits per heavy atom. The van der Waals surface area contributed by atoms with Crippen LogP contribution in [-0.4, -0.2) is 65.4 Å². The van der Waals surface area contributed by atoms with Crippen molar-refractivity contribution < 1.29 is 0 Å². The molecule has 1 aliphatic heterocycles. The van der Waals surface area contributed by atoms with Gasteiger partial charge in [-0.3, -0.25) is 14.5 Å². The quantitative estimate of drug-likeness (QED) is 0.728. The summed E-state index contributed by atoms with van der Waals surface area (Å²) < 4.78 is 1.99. The smallest absolute Gasteiger partial charge is 0.0536 e. The molecule has 0 atom stereocenters. The first-order chi connectivity index (χ1) is 7.88. The molecule has 90 valence electrons. The maximum Gasteiger partial charge on any atom is 0.0536 e. The van der Waals surface area contributed by atoms with E-state index in [0.29, 0.717) is 0 Å². The maximum absolute atomic E-state index is 5.55. The second-order valence-electron chi connectivity index (χ2n) is 4.24. The molecule has 16 heavy (non-hydrogen) atoms. The van der Waals surface area contributed by atoms with Gasteiger partial charge in [0.15, 0.2) is 0 Å². The third-order valence-electron chi connectivity index (χ3n) is 3.11. The van der Waals surface area contributed by atoms with Crippen LogP contribution in [0.3, 0.4) is 0 Å². The molecule has 1 fully saturated rings. The van der Waals surface area contributed by atoms with E-state index in [9.17, 15) is 0 Å². The monoisotopic (exact) mass is 223 g/mol. The highest BCUT2D eigenvalue weighted by atomic mass is 15.3. The summed E-state index contributed by atoms with van der Waals surface area (Å²) in [5.41, 5.74) is 5.55. The number of aromatic nitrogens is 2. The maximum atomic E-state index is 5.55. The van der Waals surface area contributed by atoms with Crippen LogP contribution < -0.4 is 5.73 Å². The van der Waals surface area contributed by atoms with Crippen molar-refractivity contribution >= 4 is 0 Å². The highest BCUT2D eigenvalue weighted by molar-refractivity contribution is 4.78. The Kier molecular flexibility index (Phi) is 4.33. The number of nitrogens with zero attached hydrogens (tertiary/aromatic N) is 4. The van der Waals surface area contributed by atoms with E-state index in [2.05, 4.69) is 14.9 Å². The lowest BCUT2D eigenvalue weighted by molar-refractivity contribution is 0.131. The first-order valence-corrected chi connectivity index (χ1v) is 6.00. The number of nitrogens with two attached hydrogens (primary N) is 1. The molecule has 2 heterocycles. The average Bonchev–Trinajstić information content (AvgIpc) is 2.82. The summed E-state index contributed by atoms with van der Waals surface area (Å²) >= 11 is 0. The summed E-state index contributed by atoms with van der Waals surface area (Å²) in [6.07, 6.45) is 3.85. The normalized spacial score (nSPS) is 19.1. The van der Waals surface area contributed by atoms with E-state index in [1.165, 1.54) is 0 Å². The third-order valence-corrected chi connectivity index (χ3v) is 3.11. The van der Waals surface area contributed by atoms with Crippen molar-refractivity contribution in [3.8, 4) is 0 Å². The lowest BCUT2D eigenvalue weighted by Gasteiger charge is -2.34. The van der Waals surface area contributed by atoms with Crippen LogP contribution in [-0.2, 0) is 6.54 Å². The van der Waals surface area contributed by atoms with Crippen LogP contribution in [0.5, 0.6) is 0 Å². The molecule has 2 rings (SSSR count). The molecular formula is C11H21N5. The zero-order valence-electron chi connectivity index (χ0n) is 9.76. The molecule has 5 heteroatoms. The lowest BCUT2D eigenvalue weighted by atomic mass is 10.3. The molecule has 0 radical (unpaired) electrons. The molecule has 0 aliphatic carbocycles. The molecular weight excluding hydrogens is 202 g/mol. The van der Waals surface area contributed by atoms with E-state index in [0.717, 1.165) is 52.4 Å². The van der Waals surface area contributed by atoms with Gasteiger partial charge in [0.05, 0.1) is 6.54 Å². The van der Waals surface area contributed by atoms with Crippen LogP contribution >= 0.6 is 0 Å². The molecule has 0 unspecified atom stereocenters. The summed E-state index contributed by atoms with van der Waals surface area (Å²) in [6.45, 7) is 8.50. The van der Waals surface area contributed by atoms with E-state index in [1.54, 1.807) is 0 Å². The largest absolute Gasteiger partial charge is 0.329 e. The number of hydrogen-bond donors (Lipinski definition) is 1. The van der Waals surface area contributed by atoms with Crippen LogP contribution in [0.15, 0.2) is 18.5 Å². The molecule has 0 spiro atoms. The fourth-order valence-corrected chi connectivity index (χ4v) is 2.10. The van der Waals surface area contributed by atoms with Crippen LogP contribution in [0.1, 0.15) is 0 Å². The van der Waals surface area contributed by atoms with Crippen LogP contribution in [0.2, 0.25) is 0 Å². The van der Waals surface area contributed by atoms with Crippen molar-refractivity contribution in [3.63, 3.8) is 0 Å². The first kappa shape index (κ1) is 11.6. The molecule has 2 N–H and O–H groups in total. The Morgan fingerprint density at radius 2 is 1.69 bits per heavy atom. The molecule has 0 saturated carbocycles. The highest BCUT2D eigenvalue weighted by Crippen LogP contribution is 2.01. The number of rotatable bonds is 5. The minimum atomic E-state index is 0.771. The van der Waals surface area contributed by atoms with Gasteiger partial charge in [-0.15, -0.1) is 0 Å². The van der Waals surface area contributed by atoms with Crippen molar-refractivity contribution in [2.24, 2.45) is 5.73 Å². The first-order valence-electron chi connectivity index (χ1n) is 6.00. The molecule has 1 aromatic rings. The number of hydrogen-bond acceptors (Lipinski definition) is 4. The standard InChI is InChI=1S/C11H21N5/c12-2-5-14-6-8-15(9-7-14)10-11-16-4-1-3-13-16/h1,3-4H,2,5-12H2. The van der Waals surface area contributed by atoms with Gasteiger partial charge in [-0.1, -0.05) is 0 Å². The molecule has 0 aromatic carbocycles. The second kappa shape index (κ2) is 5.98. The summed E-state index contributed by atoms with van der Waals surface area (Å²) in [4.78, 5) is 4.93. The van der Waals surface area contributed by atoms with Gasteiger partial charge in [0.2, 0.25) is 0 Å². The van der Waals surface area contributed by atoms with E-state index in [1.807, 2.05) is 23.1 Å². The molecule has 5 nitrogen and oxygen atoms in total. The summed E-state index contributed by atoms with van der Waals surface area (Å²) in [6, 6.07) is 1.97. The van der Waals surface area contributed by atoms with Crippen LogP contribution in [0.4, 0.5) is 0 Å². The van der Waals surface area contributed by atoms with E-state index >= 15 is 0 Å². The van der Waals surface area contributed by atoms with Gasteiger partial charge in [-0.25, -0.2) is 0 Å². The Labute approximate surface area is 96.8 Å². The van der Waals surface area contributed by atoms with Gasteiger partial charge in [0.1, 0.15) is 0 Å². The Bertz CT molecular complexity index is 277. The Balaban J connectivity index is 1.65. The Hall–Kier alpha value is -0.910. The minimum Gasteiger partial charge on any atom is -0.329 e. The Morgan fingerprint density at radius 1 is 1.00 bits per heavy atom. The third kappa shape index (κ3) is 3.30. The minimum absolute atomic E-state index is 0.771. The zero-order chi connectivity index (χ0) is 11.2. The molecule has 0 amide bonds. The van der Waals surface area contributed by atoms with Gasteiger partial charge in [0, 0.05) is 58.2 Å². The van der Waals surface area contributed by atoms with Gasteiger partial charge >= 0.3 is 0 Å². The number of piperazine rings is 1. The van der Waals surface area contributed by atoms with Crippen LogP contribution in [0.25, 0.3) is 0 Å². The summed E-state index contributed by atoms with van der Waals surface area (Å²) in [5, 5.41) is 4.21. The van der Waals surface area contributed by atoms with E-state index in [4.69, 9.17) is 5.73 Å². The van der Waals surface area contributed by atoms with Crippen molar-refractivity contribution in [1.29, 1.82) is 0 Å². The summed E-state index contributed by atoms with van der Waals surface area (Å²) in [5.74, 6) is 0. The highest BCUT2D eigenvalue weighted by Gasteiger charge is 2.15. The van der Waals surface area contributed by atoms with Crippen LogP contribution in [0, 0.1) is 0 Å². The molecule has 0 bridgehead atoms. The molecule has 1 aromatic heterocycles. The van der Waals surface area contributed by atoms with Gasteiger partial charge in [-0.05, 0) is 6.07 Å². The second-order valence-corrected chi connectivity index (χ2v) is 4.24. The molecule has 1 aliphatic rings. The van der Waals surface area contributed by atoms with Crippen molar-refractivity contribution in [2.75, 3.05) is 45.8 Å². The molecule has 1 saturated heterocycles.